The number of para-hydroxylation sites is 1. The molecule has 5 aromatic rings. The zero-order valence-electron chi connectivity index (χ0n) is 20.7. The number of carbonyl (C=O) groups is 1. The Bertz CT molecular complexity index is 1770. The molecular weight excluding hydrogens is 534 g/mol. The highest BCUT2D eigenvalue weighted by atomic mass is 32.2. The molecule has 0 radical (unpaired) electrons. The Hall–Kier alpha value is -4.50. The number of aromatic nitrogens is 2. The Morgan fingerprint density at radius 2 is 1.85 bits per heavy atom. The molecule has 39 heavy (non-hydrogen) atoms. The fourth-order valence-corrected chi connectivity index (χ4v) is 6.01. The number of rotatable bonds is 9. The molecular formula is C28H23N5O4S2. The van der Waals surface area contributed by atoms with Gasteiger partial charge in [0.25, 0.3) is 0 Å². The summed E-state index contributed by atoms with van der Waals surface area (Å²) < 4.78 is 34.2. The lowest BCUT2D eigenvalue weighted by atomic mass is 10.1. The highest BCUT2D eigenvalue weighted by Gasteiger charge is 2.28. The number of thiazole rings is 1. The van der Waals surface area contributed by atoms with Crippen LogP contribution in [0.4, 0.5) is 5.13 Å². The van der Waals surface area contributed by atoms with Gasteiger partial charge in [-0.1, -0.05) is 18.2 Å². The van der Waals surface area contributed by atoms with Crippen LogP contribution in [0.1, 0.15) is 11.1 Å². The van der Waals surface area contributed by atoms with Crippen molar-refractivity contribution >= 4 is 43.3 Å². The molecule has 0 unspecified atom stereocenters. The molecule has 3 N–H and O–H groups in total. The molecule has 0 aliphatic carbocycles. The lowest BCUT2D eigenvalue weighted by Crippen LogP contribution is -2.45. The molecule has 1 amide bonds. The Labute approximate surface area is 229 Å². The molecule has 0 saturated carbocycles. The minimum absolute atomic E-state index is 0.0470. The summed E-state index contributed by atoms with van der Waals surface area (Å²) in [5, 5.41) is 14.9. The molecule has 0 aliphatic rings. The van der Waals surface area contributed by atoms with Gasteiger partial charge in [0.1, 0.15) is 11.8 Å². The molecule has 11 heteroatoms. The molecule has 2 aromatic heterocycles. The molecule has 196 valence electrons. The zero-order chi connectivity index (χ0) is 27.4. The number of nitrogens with zero attached hydrogens (tertiary/aromatic N) is 2. The summed E-state index contributed by atoms with van der Waals surface area (Å²) in [6, 6.07) is 21.3. The van der Waals surface area contributed by atoms with E-state index >= 15 is 0 Å². The number of fused-ring (bicyclic) bond motifs is 1. The Kier molecular flexibility index (Phi) is 7.42. The van der Waals surface area contributed by atoms with Crippen LogP contribution in [-0.2, 0) is 21.2 Å². The second kappa shape index (κ2) is 11.1. The highest BCUT2D eigenvalue weighted by Crippen LogP contribution is 2.27. The maximum atomic E-state index is 13.5. The summed E-state index contributed by atoms with van der Waals surface area (Å²) in [4.78, 5) is 21.1. The normalized spacial score (nSPS) is 12.1. The van der Waals surface area contributed by atoms with E-state index < -0.39 is 22.0 Å². The van der Waals surface area contributed by atoms with E-state index in [1.54, 1.807) is 13.3 Å². The summed E-state index contributed by atoms with van der Waals surface area (Å²) in [6.45, 7) is 0. The van der Waals surface area contributed by atoms with Gasteiger partial charge in [0.15, 0.2) is 5.13 Å². The third-order valence-corrected chi connectivity index (χ3v) is 8.37. The number of ether oxygens (including phenoxy) is 1. The first-order chi connectivity index (χ1) is 18.9. The van der Waals surface area contributed by atoms with Gasteiger partial charge in [-0.2, -0.15) is 9.98 Å². The van der Waals surface area contributed by atoms with Crippen molar-refractivity contribution in [3.63, 3.8) is 0 Å². The number of hydrogen-bond acceptors (Lipinski definition) is 7. The van der Waals surface area contributed by atoms with Gasteiger partial charge in [-0.15, -0.1) is 11.3 Å². The van der Waals surface area contributed by atoms with Crippen LogP contribution in [0.3, 0.4) is 0 Å². The van der Waals surface area contributed by atoms with E-state index in [1.165, 1.54) is 35.6 Å². The number of amides is 1. The summed E-state index contributed by atoms with van der Waals surface area (Å²) in [6.07, 6.45) is 1.87. The topological polar surface area (TPSA) is 137 Å². The number of benzene rings is 3. The van der Waals surface area contributed by atoms with Crippen LogP contribution in [-0.4, -0.2) is 37.4 Å². The molecule has 0 aliphatic heterocycles. The first-order valence-electron chi connectivity index (χ1n) is 11.8. The number of H-pyrrole nitrogens is 1. The number of anilines is 1. The lowest BCUT2D eigenvalue weighted by Gasteiger charge is -2.18. The molecule has 0 bridgehead atoms. The third kappa shape index (κ3) is 5.83. The third-order valence-electron chi connectivity index (χ3n) is 6.13. The van der Waals surface area contributed by atoms with Crippen molar-refractivity contribution in [2.45, 2.75) is 17.4 Å². The fourth-order valence-electron chi connectivity index (χ4n) is 4.09. The monoisotopic (exact) mass is 557 g/mol. The standard InChI is InChI=1S/C28H23N5O4S2/c1-37-21-10-8-19(9-11-21)26-17-38-28(31-26)32-27(34)25(14-20-16-30-24-5-3-2-4-23(20)24)33-39(35,36)22-12-6-18(15-29)7-13-22/h2-13,16-17,25,30,33H,14H2,1H3,(H,31,32,34)/t25-/m0/s1. The smallest absolute Gasteiger partial charge is 0.244 e. The molecule has 0 saturated heterocycles. The minimum atomic E-state index is -4.08. The summed E-state index contributed by atoms with van der Waals surface area (Å²) >= 11 is 1.24. The molecule has 9 nitrogen and oxygen atoms in total. The average Bonchev–Trinajstić information content (AvgIpc) is 3.60. The largest absolute Gasteiger partial charge is 0.497 e. The van der Waals surface area contributed by atoms with Crippen molar-refractivity contribution in [2.75, 3.05) is 12.4 Å². The maximum Gasteiger partial charge on any atom is 0.244 e. The van der Waals surface area contributed by atoms with Crippen LogP contribution in [0.25, 0.3) is 22.2 Å². The molecule has 0 spiro atoms. The maximum absolute atomic E-state index is 13.5. The number of nitriles is 1. The Morgan fingerprint density at radius 1 is 1.10 bits per heavy atom. The van der Waals surface area contributed by atoms with Crippen LogP contribution in [0.5, 0.6) is 5.75 Å². The van der Waals surface area contributed by atoms with E-state index in [-0.39, 0.29) is 11.3 Å². The van der Waals surface area contributed by atoms with E-state index in [9.17, 15) is 13.2 Å². The first-order valence-corrected chi connectivity index (χ1v) is 14.2. The SMILES string of the molecule is COc1ccc(-c2csc(NC(=O)[C@H](Cc3c[nH]c4ccccc34)NS(=O)(=O)c3ccc(C#N)cc3)n2)cc1. The van der Waals surface area contributed by atoms with E-state index in [4.69, 9.17) is 10.00 Å². The van der Waals surface area contributed by atoms with Crippen molar-refractivity contribution in [2.24, 2.45) is 0 Å². The molecule has 3 aromatic carbocycles. The predicted octanol–water partition coefficient (Wildman–Crippen LogP) is 4.70. The van der Waals surface area contributed by atoms with Crippen LogP contribution in [0.2, 0.25) is 0 Å². The van der Waals surface area contributed by atoms with Crippen molar-refractivity contribution in [1.29, 1.82) is 5.26 Å². The van der Waals surface area contributed by atoms with Crippen LogP contribution < -0.4 is 14.8 Å². The number of carbonyl (C=O) groups excluding carboxylic acids is 1. The van der Waals surface area contributed by atoms with E-state index in [1.807, 2.05) is 60.0 Å². The lowest BCUT2D eigenvalue weighted by molar-refractivity contribution is -0.117. The number of sulfonamides is 1. The number of nitrogens with one attached hydrogen (secondary N) is 3. The fraction of sp³-hybridized carbons (Fsp3) is 0.107. The van der Waals surface area contributed by atoms with E-state index in [0.717, 1.165) is 27.8 Å². The second-order valence-electron chi connectivity index (χ2n) is 8.63. The molecule has 0 fully saturated rings. The van der Waals surface area contributed by atoms with Crippen molar-refractivity contribution in [3.05, 3.63) is 95.5 Å². The number of aromatic amines is 1. The van der Waals surface area contributed by atoms with Crippen LogP contribution in [0, 0.1) is 11.3 Å². The molecule has 5 rings (SSSR count). The summed E-state index contributed by atoms with van der Waals surface area (Å²) in [7, 11) is -2.49. The van der Waals surface area contributed by atoms with Gasteiger partial charge in [0.05, 0.1) is 29.3 Å². The summed E-state index contributed by atoms with van der Waals surface area (Å²) in [5.41, 5.74) is 3.52. The van der Waals surface area contributed by atoms with Crippen molar-refractivity contribution in [3.8, 4) is 23.1 Å². The van der Waals surface area contributed by atoms with Gasteiger partial charge in [0.2, 0.25) is 15.9 Å². The van der Waals surface area contributed by atoms with Gasteiger partial charge < -0.3 is 15.0 Å². The zero-order valence-corrected chi connectivity index (χ0v) is 22.3. The second-order valence-corrected chi connectivity index (χ2v) is 11.2. The summed E-state index contributed by atoms with van der Waals surface area (Å²) in [5.74, 6) is 0.172. The first kappa shape index (κ1) is 26.1. The Morgan fingerprint density at radius 3 is 2.56 bits per heavy atom. The quantitative estimate of drug-likeness (QED) is 0.240. The minimum Gasteiger partial charge on any atom is -0.497 e. The number of hydrogen-bond donors (Lipinski definition) is 3. The van der Waals surface area contributed by atoms with Gasteiger partial charge in [-0.25, -0.2) is 13.4 Å². The van der Waals surface area contributed by atoms with E-state index in [2.05, 4.69) is 20.0 Å². The van der Waals surface area contributed by atoms with E-state index in [0.29, 0.717) is 16.4 Å². The number of methoxy groups -OCH3 is 1. The van der Waals surface area contributed by atoms with Gasteiger partial charge in [-0.05, 0) is 66.6 Å². The van der Waals surface area contributed by atoms with Gasteiger partial charge >= 0.3 is 0 Å². The Balaban J connectivity index is 1.41. The van der Waals surface area contributed by atoms with Crippen molar-refractivity contribution in [1.82, 2.24) is 14.7 Å². The predicted molar refractivity (Wildman–Crippen MR) is 150 cm³/mol. The average molecular weight is 558 g/mol. The van der Waals surface area contributed by atoms with Gasteiger partial charge in [0, 0.05) is 28.0 Å². The van der Waals surface area contributed by atoms with Crippen LogP contribution in [0.15, 0.2) is 89.3 Å². The molecule has 2 heterocycles. The molecule has 1 atom stereocenters. The van der Waals surface area contributed by atoms with Crippen molar-refractivity contribution < 1.29 is 17.9 Å². The van der Waals surface area contributed by atoms with Gasteiger partial charge in [-0.3, -0.25) is 4.79 Å². The highest BCUT2D eigenvalue weighted by molar-refractivity contribution is 7.89. The van der Waals surface area contributed by atoms with Crippen LogP contribution >= 0.6 is 11.3 Å².